The number of carbonyl (C=O) groups is 1. The molecule has 0 radical (unpaired) electrons. The van der Waals surface area contributed by atoms with E-state index in [1.807, 2.05) is 30.3 Å². The van der Waals surface area contributed by atoms with Gasteiger partial charge in [0, 0.05) is 35.4 Å². The van der Waals surface area contributed by atoms with E-state index in [1.165, 1.54) is 7.11 Å². The molecule has 0 aliphatic carbocycles. The van der Waals surface area contributed by atoms with Crippen molar-refractivity contribution >= 4 is 39.2 Å². The predicted octanol–water partition coefficient (Wildman–Crippen LogP) is 3.03. The quantitative estimate of drug-likeness (QED) is 0.696. The third-order valence-corrected chi connectivity index (χ3v) is 4.78. The molecule has 1 aliphatic rings. The third-order valence-electron chi connectivity index (χ3n) is 4.28. The monoisotopic (exact) mass is 419 g/mol. The minimum absolute atomic E-state index is 0.185. The van der Waals surface area contributed by atoms with Crippen molar-refractivity contribution in [3.63, 3.8) is 0 Å². The van der Waals surface area contributed by atoms with Crippen molar-refractivity contribution in [1.29, 1.82) is 0 Å². The van der Waals surface area contributed by atoms with Crippen LogP contribution >= 0.6 is 15.9 Å². The van der Waals surface area contributed by atoms with Crippen molar-refractivity contribution in [3.05, 3.63) is 41.1 Å². The zero-order valence-electron chi connectivity index (χ0n) is 14.6. The minimum Gasteiger partial charge on any atom is -0.468 e. The molecule has 2 aromatic rings. The zero-order valence-corrected chi connectivity index (χ0v) is 16.2. The summed E-state index contributed by atoms with van der Waals surface area (Å²) in [5, 5.41) is 6.74. The number of piperidine rings is 1. The van der Waals surface area contributed by atoms with Gasteiger partial charge in [0.25, 0.3) is 0 Å². The van der Waals surface area contributed by atoms with Crippen LogP contribution in [0.4, 0.5) is 17.3 Å². The summed E-state index contributed by atoms with van der Waals surface area (Å²) in [6.07, 6.45) is 3.46. The maximum absolute atomic E-state index is 11.4. The second kappa shape index (κ2) is 8.95. The summed E-state index contributed by atoms with van der Waals surface area (Å²) in [7, 11) is 1.42. The number of ether oxygens (including phenoxy) is 1. The van der Waals surface area contributed by atoms with Gasteiger partial charge in [-0.1, -0.05) is 22.0 Å². The van der Waals surface area contributed by atoms with Gasteiger partial charge in [0.2, 0.25) is 0 Å². The summed E-state index contributed by atoms with van der Waals surface area (Å²) < 4.78 is 5.73. The Balaban J connectivity index is 1.54. The number of carbonyl (C=O) groups excluding carboxylic acids is 1. The first-order valence-electron chi connectivity index (χ1n) is 8.53. The van der Waals surface area contributed by atoms with Crippen molar-refractivity contribution < 1.29 is 9.53 Å². The Morgan fingerprint density at radius 2 is 2.04 bits per heavy atom. The average Bonchev–Trinajstić information content (AvgIpc) is 2.63. The van der Waals surface area contributed by atoms with E-state index in [2.05, 4.69) is 41.4 Å². The first kappa shape index (κ1) is 18.6. The van der Waals surface area contributed by atoms with Crippen LogP contribution in [0.3, 0.4) is 0 Å². The minimum atomic E-state index is -0.185. The van der Waals surface area contributed by atoms with Crippen molar-refractivity contribution in [3.8, 4) is 0 Å². The number of halogens is 1. The number of rotatable bonds is 6. The predicted molar refractivity (Wildman–Crippen MR) is 105 cm³/mol. The summed E-state index contributed by atoms with van der Waals surface area (Å²) in [5.41, 5.74) is 0.958. The number of likely N-dealkylation sites (tertiary alicyclic amines) is 1. The number of nitrogens with one attached hydrogen (secondary N) is 2. The van der Waals surface area contributed by atoms with Gasteiger partial charge >= 0.3 is 5.97 Å². The van der Waals surface area contributed by atoms with Crippen LogP contribution in [0.2, 0.25) is 0 Å². The zero-order chi connectivity index (χ0) is 18.4. The maximum Gasteiger partial charge on any atom is 0.319 e. The standard InChI is InChI=1S/C18H22BrN5O2/c1-26-18(25)11-24-7-5-14(6-8-24)22-16-10-17(21-12-20-16)23-15-4-2-3-13(19)9-15/h2-4,9-10,12,14H,5-8,11H2,1H3,(H2,20,21,22,23). The van der Waals surface area contributed by atoms with E-state index in [4.69, 9.17) is 4.74 Å². The van der Waals surface area contributed by atoms with Gasteiger partial charge < -0.3 is 15.4 Å². The highest BCUT2D eigenvalue weighted by Crippen LogP contribution is 2.21. The van der Waals surface area contributed by atoms with Gasteiger partial charge in [-0.15, -0.1) is 0 Å². The van der Waals surface area contributed by atoms with E-state index in [-0.39, 0.29) is 5.97 Å². The lowest BCUT2D eigenvalue weighted by Gasteiger charge is -2.31. The van der Waals surface area contributed by atoms with Crippen LogP contribution < -0.4 is 10.6 Å². The second-order valence-corrected chi connectivity index (χ2v) is 7.11. The molecular formula is C18H22BrN5O2. The molecule has 0 spiro atoms. The number of hydrogen-bond donors (Lipinski definition) is 2. The fourth-order valence-corrected chi connectivity index (χ4v) is 3.31. The van der Waals surface area contributed by atoms with Gasteiger partial charge in [-0.05, 0) is 31.0 Å². The van der Waals surface area contributed by atoms with Gasteiger partial charge in [0.1, 0.15) is 18.0 Å². The second-order valence-electron chi connectivity index (χ2n) is 6.19. The van der Waals surface area contributed by atoms with Crippen molar-refractivity contribution in [1.82, 2.24) is 14.9 Å². The van der Waals surface area contributed by atoms with E-state index in [1.54, 1.807) is 6.33 Å². The number of methoxy groups -OCH3 is 1. The molecular weight excluding hydrogens is 398 g/mol. The molecule has 138 valence electrons. The highest BCUT2D eigenvalue weighted by molar-refractivity contribution is 9.10. The molecule has 1 fully saturated rings. The van der Waals surface area contributed by atoms with Crippen LogP contribution in [-0.2, 0) is 9.53 Å². The van der Waals surface area contributed by atoms with Crippen LogP contribution in [0.15, 0.2) is 41.1 Å². The number of aromatic nitrogens is 2. The molecule has 1 aromatic heterocycles. The number of esters is 1. The van der Waals surface area contributed by atoms with Crippen molar-refractivity contribution in [2.75, 3.05) is 37.4 Å². The molecule has 2 heterocycles. The molecule has 2 N–H and O–H groups in total. The third kappa shape index (κ3) is 5.40. The van der Waals surface area contributed by atoms with Crippen LogP contribution in [0, 0.1) is 0 Å². The summed E-state index contributed by atoms with van der Waals surface area (Å²) in [4.78, 5) is 22.1. The van der Waals surface area contributed by atoms with Gasteiger partial charge in [0.15, 0.2) is 0 Å². The molecule has 0 bridgehead atoms. The molecule has 3 rings (SSSR count). The van der Waals surface area contributed by atoms with Crippen LogP contribution in [0.25, 0.3) is 0 Å². The molecule has 26 heavy (non-hydrogen) atoms. The number of hydrogen-bond acceptors (Lipinski definition) is 7. The maximum atomic E-state index is 11.4. The first-order chi connectivity index (χ1) is 12.6. The van der Waals surface area contributed by atoms with Crippen LogP contribution in [0.5, 0.6) is 0 Å². The summed E-state index contributed by atoms with van der Waals surface area (Å²) in [5.74, 6) is 1.35. The highest BCUT2D eigenvalue weighted by Gasteiger charge is 2.21. The summed E-state index contributed by atoms with van der Waals surface area (Å²) in [6, 6.07) is 10.2. The smallest absolute Gasteiger partial charge is 0.319 e. The van der Waals surface area contributed by atoms with Gasteiger partial charge in [-0.2, -0.15) is 0 Å². The lowest BCUT2D eigenvalue weighted by molar-refractivity contribution is -0.142. The lowest BCUT2D eigenvalue weighted by atomic mass is 10.1. The Bertz CT molecular complexity index is 750. The molecule has 0 unspecified atom stereocenters. The molecule has 0 atom stereocenters. The molecule has 1 aliphatic heterocycles. The Morgan fingerprint density at radius 1 is 1.27 bits per heavy atom. The van der Waals surface area contributed by atoms with Crippen LogP contribution in [0.1, 0.15) is 12.8 Å². The molecule has 1 saturated heterocycles. The van der Waals surface area contributed by atoms with Gasteiger partial charge in [-0.3, -0.25) is 9.69 Å². The number of anilines is 3. The molecule has 0 saturated carbocycles. The lowest BCUT2D eigenvalue weighted by Crippen LogP contribution is -2.41. The SMILES string of the molecule is COC(=O)CN1CCC(Nc2cc(Nc3cccc(Br)c3)ncn2)CC1. The Labute approximate surface area is 161 Å². The molecule has 7 nitrogen and oxygen atoms in total. The van der Waals surface area contributed by atoms with Crippen molar-refractivity contribution in [2.45, 2.75) is 18.9 Å². The molecule has 8 heteroatoms. The highest BCUT2D eigenvalue weighted by atomic mass is 79.9. The largest absolute Gasteiger partial charge is 0.468 e. The normalized spacial score (nSPS) is 15.5. The number of nitrogens with zero attached hydrogens (tertiary/aromatic N) is 3. The van der Waals surface area contributed by atoms with Crippen LogP contribution in [-0.4, -0.2) is 53.6 Å². The van der Waals surface area contributed by atoms with Crippen molar-refractivity contribution in [2.24, 2.45) is 0 Å². The Kier molecular flexibility index (Phi) is 6.40. The first-order valence-corrected chi connectivity index (χ1v) is 9.32. The molecule has 1 aromatic carbocycles. The number of benzene rings is 1. The summed E-state index contributed by atoms with van der Waals surface area (Å²) in [6.45, 7) is 2.08. The molecule has 0 amide bonds. The van der Waals surface area contributed by atoms with E-state index < -0.39 is 0 Å². The topological polar surface area (TPSA) is 79.4 Å². The summed E-state index contributed by atoms with van der Waals surface area (Å²) >= 11 is 3.46. The van der Waals surface area contributed by atoms with E-state index in [9.17, 15) is 4.79 Å². The Morgan fingerprint density at radius 3 is 2.77 bits per heavy atom. The van der Waals surface area contributed by atoms with Gasteiger partial charge in [0.05, 0.1) is 13.7 Å². The Hall–Kier alpha value is -2.19. The van der Waals surface area contributed by atoms with E-state index >= 15 is 0 Å². The fraction of sp³-hybridized carbons (Fsp3) is 0.389. The fourth-order valence-electron chi connectivity index (χ4n) is 2.91. The van der Waals surface area contributed by atoms with Gasteiger partial charge in [-0.25, -0.2) is 9.97 Å². The van der Waals surface area contributed by atoms with E-state index in [0.29, 0.717) is 12.6 Å². The van der Waals surface area contributed by atoms with E-state index in [0.717, 1.165) is 47.7 Å². The average molecular weight is 420 g/mol.